The lowest BCUT2D eigenvalue weighted by molar-refractivity contribution is -0.137. The summed E-state index contributed by atoms with van der Waals surface area (Å²) in [4.78, 5) is 12.6. The molecule has 0 saturated heterocycles. The van der Waals surface area contributed by atoms with Gasteiger partial charge >= 0.3 is 6.18 Å². The summed E-state index contributed by atoms with van der Waals surface area (Å²) in [5, 5.41) is 10.6. The van der Waals surface area contributed by atoms with E-state index >= 15 is 0 Å². The number of aryl methyl sites for hydroxylation is 1. The Morgan fingerprint density at radius 2 is 1.97 bits per heavy atom. The number of nitrogens with zero attached hydrogens (tertiary/aromatic N) is 3. The highest BCUT2D eigenvalue weighted by molar-refractivity contribution is 8.00. The number of aromatic nitrogens is 3. The minimum Gasteiger partial charge on any atom is -0.325 e. The first-order valence-electron chi connectivity index (χ1n) is 9.42. The van der Waals surface area contributed by atoms with E-state index in [1.54, 1.807) is 6.92 Å². The number of nitrogens with one attached hydrogen (secondary N) is 1. The Morgan fingerprint density at radius 1 is 1.28 bits per heavy atom. The number of anilines is 1. The highest BCUT2D eigenvalue weighted by atomic mass is 35.5. The zero-order valence-electron chi connectivity index (χ0n) is 16.1. The Morgan fingerprint density at radius 3 is 2.62 bits per heavy atom. The molecule has 1 aliphatic rings. The maximum Gasteiger partial charge on any atom is 0.417 e. The van der Waals surface area contributed by atoms with Crippen LogP contribution in [0.25, 0.3) is 0 Å². The molecule has 1 aromatic carbocycles. The highest BCUT2D eigenvalue weighted by Gasteiger charge is 2.33. The molecule has 29 heavy (non-hydrogen) atoms. The van der Waals surface area contributed by atoms with Gasteiger partial charge in [-0.2, -0.15) is 13.2 Å². The molecule has 0 spiro atoms. The van der Waals surface area contributed by atoms with Crippen LogP contribution in [-0.4, -0.2) is 25.9 Å². The summed E-state index contributed by atoms with van der Waals surface area (Å²) in [7, 11) is 0. The lowest BCUT2D eigenvalue weighted by atomic mass is 9.95. The molecule has 3 rings (SSSR count). The van der Waals surface area contributed by atoms with Crippen molar-refractivity contribution in [1.82, 2.24) is 14.8 Å². The number of thioether (sulfide) groups is 1. The van der Waals surface area contributed by atoms with Crippen LogP contribution in [0, 0.1) is 6.92 Å². The SMILES string of the molecule is Cc1nnc(SC(C)C(=O)Nc2ccc(Cl)c(C(F)(F)F)c2)n1C1CCCCC1. The Kier molecular flexibility index (Phi) is 6.78. The minimum atomic E-state index is -4.59. The first-order chi connectivity index (χ1) is 13.7. The fourth-order valence-electron chi connectivity index (χ4n) is 3.47. The Labute approximate surface area is 176 Å². The Balaban J connectivity index is 1.71. The van der Waals surface area contributed by atoms with Gasteiger partial charge in [0, 0.05) is 11.7 Å². The van der Waals surface area contributed by atoms with Crippen LogP contribution in [0.1, 0.15) is 56.5 Å². The number of carbonyl (C=O) groups excluding carboxylic acids is 1. The van der Waals surface area contributed by atoms with E-state index in [1.807, 2.05) is 6.92 Å². The van der Waals surface area contributed by atoms with Crippen molar-refractivity contribution in [3.63, 3.8) is 0 Å². The zero-order valence-corrected chi connectivity index (χ0v) is 17.7. The van der Waals surface area contributed by atoms with Gasteiger partial charge in [0.05, 0.1) is 15.8 Å². The zero-order chi connectivity index (χ0) is 21.2. The van der Waals surface area contributed by atoms with E-state index in [0.29, 0.717) is 11.2 Å². The number of carbonyl (C=O) groups is 1. The number of alkyl halides is 3. The van der Waals surface area contributed by atoms with Gasteiger partial charge < -0.3 is 9.88 Å². The molecule has 1 aromatic heterocycles. The summed E-state index contributed by atoms with van der Waals surface area (Å²) in [6.07, 6.45) is 1.04. The van der Waals surface area contributed by atoms with Gasteiger partial charge in [0.25, 0.3) is 0 Å². The molecule has 158 valence electrons. The molecule has 5 nitrogen and oxygen atoms in total. The van der Waals surface area contributed by atoms with Crippen LogP contribution in [0.4, 0.5) is 18.9 Å². The molecule has 10 heteroatoms. The summed E-state index contributed by atoms with van der Waals surface area (Å²) in [6, 6.07) is 3.64. The molecule has 1 heterocycles. The Hall–Kier alpha value is -1.74. The molecule has 1 N–H and O–H groups in total. The second-order valence-corrected chi connectivity index (χ2v) is 8.85. The number of benzene rings is 1. The van der Waals surface area contributed by atoms with E-state index < -0.39 is 27.9 Å². The third-order valence-corrected chi connectivity index (χ3v) is 6.35. The fraction of sp³-hybridized carbons (Fsp3) is 0.526. The van der Waals surface area contributed by atoms with Crippen molar-refractivity contribution in [1.29, 1.82) is 0 Å². The predicted molar refractivity (Wildman–Crippen MR) is 107 cm³/mol. The van der Waals surface area contributed by atoms with Gasteiger partial charge in [0.1, 0.15) is 5.82 Å². The van der Waals surface area contributed by atoms with E-state index in [-0.39, 0.29) is 5.69 Å². The summed E-state index contributed by atoms with van der Waals surface area (Å²) < 4.78 is 41.1. The normalized spacial score (nSPS) is 16.6. The second-order valence-electron chi connectivity index (χ2n) is 7.13. The van der Waals surface area contributed by atoms with Crippen molar-refractivity contribution in [3.05, 3.63) is 34.6 Å². The third kappa shape index (κ3) is 5.25. The first-order valence-corrected chi connectivity index (χ1v) is 10.7. The van der Waals surface area contributed by atoms with E-state index in [4.69, 9.17) is 11.6 Å². The average molecular weight is 447 g/mol. The molecule has 1 amide bonds. The van der Waals surface area contributed by atoms with Gasteiger partial charge in [-0.3, -0.25) is 4.79 Å². The van der Waals surface area contributed by atoms with E-state index in [1.165, 1.54) is 24.2 Å². The lowest BCUT2D eigenvalue weighted by Gasteiger charge is -2.25. The molecule has 1 fully saturated rings. The van der Waals surface area contributed by atoms with Crippen molar-refractivity contribution in [2.75, 3.05) is 5.32 Å². The maximum absolute atomic E-state index is 13.0. The molecular formula is C19H22ClF3N4OS. The molecule has 0 radical (unpaired) electrons. The van der Waals surface area contributed by atoms with Crippen LogP contribution >= 0.6 is 23.4 Å². The Bertz CT molecular complexity index is 881. The van der Waals surface area contributed by atoms with Crippen molar-refractivity contribution >= 4 is 35.0 Å². The predicted octanol–water partition coefficient (Wildman–Crippen LogP) is 5.88. The van der Waals surface area contributed by atoms with Crippen LogP contribution in [0.3, 0.4) is 0 Å². The summed E-state index contributed by atoms with van der Waals surface area (Å²) in [5.41, 5.74) is -0.936. The van der Waals surface area contributed by atoms with Crippen molar-refractivity contribution < 1.29 is 18.0 Å². The van der Waals surface area contributed by atoms with E-state index in [2.05, 4.69) is 20.1 Å². The van der Waals surface area contributed by atoms with Crippen molar-refractivity contribution in [2.45, 2.75) is 68.6 Å². The van der Waals surface area contributed by atoms with Gasteiger partial charge in [0.15, 0.2) is 5.16 Å². The number of hydrogen-bond acceptors (Lipinski definition) is 4. The largest absolute Gasteiger partial charge is 0.417 e. The number of rotatable bonds is 5. The molecule has 1 saturated carbocycles. The van der Waals surface area contributed by atoms with Crippen molar-refractivity contribution in [2.24, 2.45) is 0 Å². The van der Waals surface area contributed by atoms with Crippen LogP contribution in [0.15, 0.2) is 23.4 Å². The first kappa shape index (κ1) is 22.0. The topological polar surface area (TPSA) is 59.8 Å². The van der Waals surface area contributed by atoms with E-state index in [9.17, 15) is 18.0 Å². The van der Waals surface area contributed by atoms with Crippen LogP contribution < -0.4 is 5.32 Å². The molecular weight excluding hydrogens is 425 g/mol. The van der Waals surface area contributed by atoms with Gasteiger partial charge in [-0.25, -0.2) is 0 Å². The van der Waals surface area contributed by atoms with Gasteiger partial charge in [0.2, 0.25) is 5.91 Å². The molecule has 2 aromatic rings. The number of hydrogen-bond donors (Lipinski definition) is 1. The lowest BCUT2D eigenvalue weighted by Crippen LogP contribution is -2.24. The van der Waals surface area contributed by atoms with Gasteiger partial charge in [-0.05, 0) is 44.9 Å². The van der Waals surface area contributed by atoms with Crippen LogP contribution in [-0.2, 0) is 11.0 Å². The summed E-state index contributed by atoms with van der Waals surface area (Å²) >= 11 is 6.88. The second kappa shape index (κ2) is 8.95. The van der Waals surface area contributed by atoms with Gasteiger partial charge in [-0.15, -0.1) is 10.2 Å². The van der Waals surface area contributed by atoms with Crippen LogP contribution in [0.2, 0.25) is 5.02 Å². The van der Waals surface area contributed by atoms with Crippen LogP contribution in [0.5, 0.6) is 0 Å². The summed E-state index contributed by atoms with van der Waals surface area (Å²) in [6.45, 7) is 3.58. The smallest absolute Gasteiger partial charge is 0.325 e. The molecule has 0 bridgehead atoms. The molecule has 1 unspecified atom stereocenters. The highest BCUT2D eigenvalue weighted by Crippen LogP contribution is 2.37. The maximum atomic E-state index is 13.0. The molecule has 1 atom stereocenters. The summed E-state index contributed by atoms with van der Waals surface area (Å²) in [5.74, 6) is 0.390. The fourth-order valence-corrected chi connectivity index (χ4v) is 4.66. The standard InChI is InChI=1S/C19H22ClF3N4OS/c1-11(17(28)24-13-8-9-16(20)15(10-13)19(21,22)23)29-18-26-25-12(2)27(18)14-6-4-3-5-7-14/h8-11,14H,3-7H2,1-2H3,(H,24,28). The third-order valence-electron chi connectivity index (χ3n) is 4.97. The number of halogens is 4. The monoisotopic (exact) mass is 446 g/mol. The van der Waals surface area contributed by atoms with Crippen molar-refractivity contribution in [3.8, 4) is 0 Å². The average Bonchev–Trinajstić information content (AvgIpc) is 3.03. The molecule has 1 aliphatic carbocycles. The van der Waals surface area contributed by atoms with E-state index in [0.717, 1.165) is 43.6 Å². The molecule has 0 aliphatic heterocycles. The minimum absolute atomic E-state index is 0.0455. The van der Waals surface area contributed by atoms with Gasteiger partial charge in [-0.1, -0.05) is 42.6 Å². The number of amides is 1. The quantitative estimate of drug-likeness (QED) is 0.582.